The zero-order chi connectivity index (χ0) is 14.8. The standard InChI is InChI=1S/C14H20N4O2S/c1-2-3-11-13(21-17-16-11)14(20)18-7-6-10-9(8-18)4-5-12(19)15-10/h9-10H,2-8H2,1H3,(H,15,19). The number of rotatable bonds is 3. The number of hydrogen-bond acceptors (Lipinski definition) is 5. The molecule has 114 valence electrons. The summed E-state index contributed by atoms with van der Waals surface area (Å²) < 4.78 is 3.94. The van der Waals surface area contributed by atoms with Crippen LogP contribution in [0.2, 0.25) is 0 Å². The summed E-state index contributed by atoms with van der Waals surface area (Å²) in [5, 5.41) is 7.12. The molecule has 2 aliphatic rings. The van der Waals surface area contributed by atoms with Gasteiger partial charge in [-0.3, -0.25) is 9.59 Å². The minimum Gasteiger partial charge on any atom is -0.353 e. The first kappa shape index (κ1) is 14.4. The molecule has 1 N–H and O–H groups in total. The Morgan fingerprint density at radius 1 is 1.48 bits per heavy atom. The zero-order valence-electron chi connectivity index (χ0n) is 12.2. The molecule has 0 bridgehead atoms. The molecule has 7 heteroatoms. The van der Waals surface area contributed by atoms with Crippen LogP contribution in [0.1, 0.15) is 48.0 Å². The normalized spacial score (nSPS) is 25.4. The summed E-state index contributed by atoms with van der Waals surface area (Å²) in [6.07, 6.45) is 4.06. The largest absolute Gasteiger partial charge is 0.353 e. The highest BCUT2D eigenvalue weighted by molar-refractivity contribution is 7.08. The number of piperidine rings is 2. The number of carbonyl (C=O) groups is 2. The predicted octanol–water partition coefficient (Wildman–Crippen LogP) is 1.23. The number of aryl methyl sites for hydroxylation is 1. The molecule has 2 unspecified atom stereocenters. The molecule has 2 fully saturated rings. The van der Waals surface area contributed by atoms with E-state index in [0.29, 0.717) is 23.8 Å². The van der Waals surface area contributed by atoms with E-state index >= 15 is 0 Å². The Morgan fingerprint density at radius 3 is 3.14 bits per heavy atom. The molecule has 3 heterocycles. The molecule has 2 saturated heterocycles. The third kappa shape index (κ3) is 2.92. The minimum atomic E-state index is 0.0591. The summed E-state index contributed by atoms with van der Waals surface area (Å²) in [7, 11) is 0. The Hall–Kier alpha value is -1.50. The van der Waals surface area contributed by atoms with E-state index in [4.69, 9.17) is 0 Å². The summed E-state index contributed by atoms with van der Waals surface area (Å²) >= 11 is 1.20. The molecule has 2 amide bonds. The Labute approximate surface area is 128 Å². The van der Waals surface area contributed by atoms with Gasteiger partial charge in [-0.15, -0.1) is 5.10 Å². The zero-order valence-corrected chi connectivity index (χ0v) is 13.0. The van der Waals surface area contributed by atoms with Gasteiger partial charge < -0.3 is 10.2 Å². The predicted molar refractivity (Wildman–Crippen MR) is 79.1 cm³/mol. The first-order valence-corrected chi connectivity index (χ1v) is 8.36. The fourth-order valence-corrected chi connectivity index (χ4v) is 3.89. The van der Waals surface area contributed by atoms with Crippen LogP contribution >= 0.6 is 11.5 Å². The monoisotopic (exact) mass is 308 g/mol. The topological polar surface area (TPSA) is 75.2 Å². The van der Waals surface area contributed by atoms with Crippen molar-refractivity contribution in [1.82, 2.24) is 19.8 Å². The van der Waals surface area contributed by atoms with Gasteiger partial charge in [-0.1, -0.05) is 17.8 Å². The highest BCUT2D eigenvalue weighted by Gasteiger charge is 2.36. The van der Waals surface area contributed by atoms with E-state index in [1.54, 1.807) is 0 Å². The van der Waals surface area contributed by atoms with Crippen LogP contribution in [0.4, 0.5) is 0 Å². The van der Waals surface area contributed by atoms with E-state index < -0.39 is 0 Å². The first-order valence-electron chi connectivity index (χ1n) is 7.59. The molecule has 0 saturated carbocycles. The Bertz CT molecular complexity index is 545. The summed E-state index contributed by atoms with van der Waals surface area (Å²) in [5.41, 5.74) is 0.826. The van der Waals surface area contributed by atoms with Crippen LogP contribution in [0.25, 0.3) is 0 Å². The fraction of sp³-hybridized carbons (Fsp3) is 0.714. The molecule has 1 aromatic heterocycles. The molecule has 6 nitrogen and oxygen atoms in total. The summed E-state index contributed by atoms with van der Waals surface area (Å²) in [6, 6.07) is 0.241. The van der Waals surface area contributed by atoms with Crippen molar-refractivity contribution in [3.8, 4) is 0 Å². The van der Waals surface area contributed by atoms with Gasteiger partial charge in [0.25, 0.3) is 5.91 Å². The van der Waals surface area contributed by atoms with Crippen molar-refractivity contribution in [2.75, 3.05) is 13.1 Å². The lowest BCUT2D eigenvalue weighted by atomic mass is 9.85. The van der Waals surface area contributed by atoms with Crippen molar-refractivity contribution in [3.05, 3.63) is 10.6 Å². The van der Waals surface area contributed by atoms with Gasteiger partial charge in [0.05, 0.1) is 5.69 Å². The van der Waals surface area contributed by atoms with Crippen molar-refractivity contribution < 1.29 is 9.59 Å². The number of fused-ring (bicyclic) bond motifs is 1. The lowest BCUT2D eigenvalue weighted by molar-refractivity contribution is -0.125. The van der Waals surface area contributed by atoms with E-state index in [2.05, 4.69) is 21.8 Å². The first-order chi connectivity index (χ1) is 10.2. The highest BCUT2D eigenvalue weighted by Crippen LogP contribution is 2.27. The number of nitrogens with zero attached hydrogens (tertiary/aromatic N) is 3. The van der Waals surface area contributed by atoms with Crippen molar-refractivity contribution in [2.24, 2.45) is 5.92 Å². The van der Waals surface area contributed by atoms with Gasteiger partial charge in [-0.05, 0) is 36.7 Å². The average molecular weight is 308 g/mol. The number of amides is 2. The smallest absolute Gasteiger partial charge is 0.267 e. The molecule has 0 aromatic carbocycles. The van der Waals surface area contributed by atoms with Crippen LogP contribution in [-0.2, 0) is 11.2 Å². The van der Waals surface area contributed by atoms with Crippen molar-refractivity contribution in [2.45, 2.75) is 45.1 Å². The molecule has 0 aliphatic carbocycles. The van der Waals surface area contributed by atoms with Gasteiger partial charge >= 0.3 is 0 Å². The van der Waals surface area contributed by atoms with Crippen molar-refractivity contribution in [1.29, 1.82) is 0 Å². The number of carbonyl (C=O) groups excluding carboxylic acids is 2. The van der Waals surface area contributed by atoms with Crippen LogP contribution in [0, 0.1) is 5.92 Å². The minimum absolute atomic E-state index is 0.0591. The van der Waals surface area contributed by atoms with E-state index in [-0.39, 0.29) is 17.9 Å². The van der Waals surface area contributed by atoms with Crippen molar-refractivity contribution in [3.63, 3.8) is 0 Å². The third-order valence-electron chi connectivity index (χ3n) is 4.35. The maximum absolute atomic E-state index is 12.7. The van der Waals surface area contributed by atoms with Gasteiger partial charge in [0.1, 0.15) is 4.88 Å². The molecule has 3 rings (SSSR count). The Morgan fingerprint density at radius 2 is 2.33 bits per heavy atom. The molecule has 2 aliphatic heterocycles. The highest BCUT2D eigenvalue weighted by atomic mass is 32.1. The number of nitrogens with one attached hydrogen (secondary N) is 1. The van der Waals surface area contributed by atoms with E-state index in [9.17, 15) is 9.59 Å². The molecule has 0 radical (unpaired) electrons. The van der Waals surface area contributed by atoms with Gasteiger partial charge in [-0.2, -0.15) is 0 Å². The van der Waals surface area contributed by atoms with E-state index in [1.807, 2.05) is 4.90 Å². The Balaban J connectivity index is 1.69. The summed E-state index contributed by atoms with van der Waals surface area (Å²) in [4.78, 5) is 26.7. The fourth-order valence-electron chi connectivity index (χ4n) is 3.21. The lowest BCUT2D eigenvalue weighted by Crippen LogP contribution is -2.55. The van der Waals surface area contributed by atoms with Gasteiger partial charge in [0.15, 0.2) is 0 Å². The van der Waals surface area contributed by atoms with Crippen LogP contribution in [-0.4, -0.2) is 45.4 Å². The second-order valence-electron chi connectivity index (χ2n) is 5.81. The van der Waals surface area contributed by atoms with Gasteiger partial charge in [0, 0.05) is 25.6 Å². The van der Waals surface area contributed by atoms with Crippen LogP contribution in [0.5, 0.6) is 0 Å². The molecule has 21 heavy (non-hydrogen) atoms. The quantitative estimate of drug-likeness (QED) is 0.911. The molecular formula is C14H20N4O2S. The maximum atomic E-state index is 12.7. The third-order valence-corrected chi connectivity index (χ3v) is 5.10. The maximum Gasteiger partial charge on any atom is 0.267 e. The number of hydrogen-bond donors (Lipinski definition) is 1. The number of aromatic nitrogens is 2. The molecule has 2 atom stereocenters. The van der Waals surface area contributed by atoms with Crippen LogP contribution in [0.15, 0.2) is 0 Å². The van der Waals surface area contributed by atoms with E-state index in [0.717, 1.165) is 37.9 Å². The summed E-state index contributed by atoms with van der Waals surface area (Å²) in [6.45, 7) is 3.50. The van der Waals surface area contributed by atoms with Gasteiger partial charge in [0.2, 0.25) is 5.91 Å². The SMILES string of the molecule is CCCc1nnsc1C(=O)N1CCC2NC(=O)CCC2C1. The summed E-state index contributed by atoms with van der Waals surface area (Å²) in [5.74, 6) is 0.590. The second-order valence-corrected chi connectivity index (χ2v) is 6.57. The van der Waals surface area contributed by atoms with E-state index in [1.165, 1.54) is 11.5 Å². The molecule has 0 spiro atoms. The van der Waals surface area contributed by atoms with Crippen LogP contribution in [0.3, 0.4) is 0 Å². The number of likely N-dealkylation sites (tertiary alicyclic amines) is 1. The Kier molecular flexibility index (Phi) is 4.19. The van der Waals surface area contributed by atoms with Gasteiger partial charge in [-0.25, -0.2) is 0 Å². The van der Waals surface area contributed by atoms with Crippen LogP contribution < -0.4 is 5.32 Å². The van der Waals surface area contributed by atoms with Crippen molar-refractivity contribution >= 4 is 23.3 Å². The molecular weight excluding hydrogens is 288 g/mol. The molecule has 1 aromatic rings. The average Bonchev–Trinajstić information content (AvgIpc) is 2.94. The lowest BCUT2D eigenvalue weighted by Gasteiger charge is -2.41. The second kappa shape index (κ2) is 6.09.